The van der Waals surface area contributed by atoms with E-state index in [4.69, 9.17) is 11.6 Å². The predicted octanol–water partition coefficient (Wildman–Crippen LogP) is 2.54. The molecule has 1 aromatic carbocycles. The second-order valence-corrected chi connectivity index (χ2v) is 10.5. The summed E-state index contributed by atoms with van der Waals surface area (Å²) in [5, 5.41) is 17.8. The molecular formula is C22H23ClF3N7O4S. The molecule has 0 radical (unpaired) electrons. The van der Waals surface area contributed by atoms with E-state index >= 15 is 0 Å². The van der Waals surface area contributed by atoms with Crippen molar-refractivity contribution < 1.29 is 31.5 Å². The van der Waals surface area contributed by atoms with Crippen LogP contribution < -0.4 is 10.3 Å². The molecule has 0 saturated heterocycles. The Kier molecular flexibility index (Phi) is 7.80. The second kappa shape index (κ2) is 10.7. The number of halogens is 4. The molecule has 4 rings (SSSR count). The number of aliphatic hydroxyl groups is 1. The van der Waals surface area contributed by atoms with Crippen LogP contribution in [-0.2, 0) is 23.0 Å². The molecule has 204 valence electrons. The van der Waals surface area contributed by atoms with Gasteiger partial charge < -0.3 is 10.4 Å². The number of aliphatic hydroxyl groups excluding tert-OH is 1. The minimum atomic E-state index is -5.63. The van der Waals surface area contributed by atoms with E-state index in [1.807, 2.05) is 6.92 Å². The summed E-state index contributed by atoms with van der Waals surface area (Å²) in [5.74, 6) is -0.436. The molecule has 2 aromatic heterocycles. The van der Waals surface area contributed by atoms with Crippen LogP contribution in [0.15, 0.2) is 41.8 Å². The molecule has 0 bridgehead atoms. The lowest BCUT2D eigenvalue weighted by atomic mass is 10.2. The van der Waals surface area contributed by atoms with Crippen molar-refractivity contribution in [1.29, 1.82) is 0 Å². The zero-order valence-corrected chi connectivity index (χ0v) is 21.6. The van der Waals surface area contributed by atoms with Crippen LogP contribution in [0.2, 0.25) is 5.02 Å². The van der Waals surface area contributed by atoms with Crippen molar-refractivity contribution in [1.82, 2.24) is 24.0 Å². The number of fused-ring (bicyclic) bond motifs is 1. The Morgan fingerprint density at radius 3 is 2.55 bits per heavy atom. The van der Waals surface area contributed by atoms with Gasteiger partial charge in [-0.05, 0) is 24.1 Å². The summed E-state index contributed by atoms with van der Waals surface area (Å²) in [5.41, 5.74) is -3.37. The average molecular weight is 574 g/mol. The van der Waals surface area contributed by atoms with Crippen molar-refractivity contribution in [3.8, 4) is 0 Å². The topological polar surface area (TPSA) is 132 Å². The fourth-order valence-corrected chi connectivity index (χ4v) is 5.02. The van der Waals surface area contributed by atoms with Gasteiger partial charge in [-0.2, -0.15) is 26.7 Å². The van der Waals surface area contributed by atoms with Crippen LogP contribution in [0.25, 0.3) is 5.78 Å². The highest BCUT2D eigenvalue weighted by molar-refractivity contribution is 7.90. The van der Waals surface area contributed by atoms with Crippen molar-refractivity contribution in [3.05, 3.63) is 58.6 Å². The number of carbonyl (C=O) groups excluding carboxylic acids is 1. The quantitative estimate of drug-likeness (QED) is 0.423. The van der Waals surface area contributed by atoms with Gasteiger partial charge in [0.1, 0.15) is 11.5 Å². The van der Waals surface area contributed by atoms with Gasteiger partial charge in [0.15, 0.2) is 0 Å². The summed E-state index contributed by atoms with van der Waals surface area (Å²) in [4.78, 5) is 21.4. The second-order valence-electron chi connectivity index (χ2n) is 8.19. The summed E-state index contributed by atoms with van der Waals surface area (Å²) >= 11 is 6.03. The lowest BCUT2D eigenvalue weighted by Gasteiger charge is -2.34. The molecule has 16 heteroatoms. The van der Waals surface area contributed by atoms with Gasteiger partial charge in [-0.3, -0.25) is 14.2 Å². The molecule has 1 aliphatic rings. The number of benzene rings is 1. The number of anilines is 1. The third-order valence-corrected chi connectivity index (χ3v) is 7.47. The van der Waals surface area contributed by atoms with E-state index in [0.29, 0.717) is 34.3 Å². The first-order valence-corrected chi connectivity index (χ1v) is 13.2. The maximum absolute atomic E-state index is 13.0. The number of amidine groups is 1. The highest BCUT2D eigenvalue weighted by Gasteiger charge is 2.51. The molecule has 0 unspecified atom stereocenters. The smallest absolute Gasteiger partial charge is 0.396 e. The van der Waals surface area contributed by atoms with E-state index in [1.54, 1.807) is 30.5 Å². The first kappa shape index (κ1) is 27.6. The summed E-state index contributed by atoms with van der Waals surface area (Å²) in [6.07, 6.45) is 3.14. The monoisotopic (exact) mass is 573 g/mol. The molecule has 0 aliphatic carbocycles. The lowest BCUT2D eigenvalue weighted by molar-refractivity contribution is -0.0473. The molecule has 38 heavy (non-hydrogen) atoms. The van der Waals surface area contributed by atoms with E-state index < -0.39 is 34.5 Å². The van der Waals surface area contributed by atoms with E-state index in [2.05, 4.69) is 20.4 Å². The van der Waals surface area contributed by atoms with E-state index in [1.165, 1.54) is 15.6 Å². The molecular weight excluding hydrogens is 551 g/mol. The summed E-state index contributed by atoms with van der Waals surface area (Å²) in [7, 11) is -5.63. The molecule has 3 aromatic rings. The molecule has 0 fully saturated rings. The van der Waals surface area contributed by atoms with Crippen molar-refractivity contribution in [3.63, 3.8) is 0 Å². The van der Waals surface area contributed by atoms with Crippen molar-refractivity contribution in [2.45, 2.75) is 31.8 Å². The SMILES string of the molecule is CCc1nc2ncc(Cl)cn2c1C(=O)NCc1ccc(N2CCN(S(=O)(=O)C(F)(F)F)C(CCO)=N2)cc1. The number of alkyl halides is 3. The number of nitrogens with one attached hydrogen (secondary N) is 1. The van der Waals surface area contributed by atoms with Crippen LogP contribution in [0.5, 0.6) is 0 Å². The van der Waals surface area contributed by atoms with Gasteiger partial charge in [-0.15, -0.1) is 0 Å². The van der Waals surface area contributed by atoms with E-state index in [9.17, 15) is 31.5 Å². The fourth-order valence-electron chi connectivity index (χ4n) is 3.89. The van der Waals surface area contributed by atoms with Gasteiger partial charge in [0.25, 0.3) is 5.91 Å². The van der Waals surface area contributed by atoms with Gasteiger partial charge in [-0.1, -0.05) is 30.7 Å². The number of sulfonamides is 1. The number of hydrogen-bond donors (Lipinski definition) is 2. The minimum absolute atomic E-state index is 0.134. The highest BCUT2D eigenvalue weighted by Crippen LogP contribution is 2.30. The van der Waals surface area contributed by atoms with Crippen molar-refractivity contribution in [2.75, 3.05) is 24.7 Å². The number of amides is 1. The van der Waals surface area contributed by atoms with Crippen LogP contribution in [0.4, 0.5) is 18.9 Å². The van der Waals surface area contributed by atoms with Crippen molar-refractivity contribution >= 4 is 44.8 Å². The zero-order chi connectivity index (χ0) is 27.7. The van der Waals surface area contributed by atoms with E-state index in [-0.39, 0.29) is 29.7 Å². The number of nitrogens with zero attached hydrogens (tertiary/aromatic N) is 6. The Labute approximate surface area is 220 Å². The van der Waals surface area contributed by atoms with Gasteiger partial charge in [0, 0.05) is 19.2 Å². The number of aromatic nitrogens is 3. The minimum Gasteiger partial charge on any atom is -0.396 e. The Balaban J connectivity index is 1.48. The van der Waals surface area contributed by atoms with Gasteiger partial charge in [-0.25, -0.2) is 14.3 Å². The van der Waals surface area contributed by atoms with Crippen molar-refractivity contribution in [2.24, 2.45) is 5.10 Å². The Hall–Kier alpha value is -3.43. The molecule has 3 heterocycles. The van der Waals surface area contributed by atoms with Gasteiger partial charge in [0.2, 0.25) is 5.78 Å². The summed E-state index contributed by atoms with van der Waals surface area (Å²) in [6.45, 7) is 0.830. The third-order valence-electron chi connectivity index (χ3n) is 5.71. The number of hydrogen-bond acceptors (Lipinski definition) is 8. The zero-order valence-electron chi connectivity index (χ0n) is 20.0. The standard InChI is InChI=1S/C22H23ClF3N7O4S/c1-2-17-19(31-13-15(23)12-28-21(31)29-17)20(35)27-11-14-3-5-16(6-4-14)32-8-9-33(18(30-32)7-10-34)38(36,37)22(24,25)26/h3-6,12-13,34H,2,7-11H2,1H3,(H,27,35). The van der Waals surface area contributed by atoms with Gasteiger partial charge in [0.05, 0.1) is 42.3 Å². The predicted molar refractivity (Wildman–Crippen MR) is 133 cm³/mol. The molecule has 0 atom stereocenters. The Morgan fingerprint density at radius 1 is 1.21 bits per heavy atom. The first-order chi connectivity index (χ1) is 18.0. The van der Waals surface area contributed by atoms with Crippen LogP contribution >= 0.6 is 11.6 Å². The van der Waals surface area contributed by atoms with Crippen LogP contribution in [0, 0.1) is 0 Å². The fraction of sp³-hybridized carbons (Fsp3) is 0.364. The maximum atomic E-state index is 13.0. The summed E-state index contributed by atoms with van der Waals surface area (Å²) in [6, 6.07) is 6.68. The molecule has 1 amide bonds. The first-order valence-electron chi connectivity index (χ1n) is 11.4. The largest absolute Gasteiger partial charge is 0.516 e. The average Bonchev–Trinajstić information content (AvgIpc) is 3.25. The van der Waals surface area contributed by atoms with E-state index in [0.717, 1.165) is 5.56 Å². The van der Waals surface area contributed by atoms with Crippen LogP contribution in [-0.4, -0.2) is 69.1 Å². The lowest BCUT2D eigenvalue weighted by Crippen LogP contribution is -2.51. The van der Waals surface area contributed by atoms with Crippen LogP contribution in [0.1, 0.15) is 35.1 Å². The number of rotatable bonds is 8. The molecule has 0 saturated carbocycles. The molecule has 0 spiro atoms. The number of hydrazone groups is 1. The van der Waals surface area contributed by atoms with Gasteiger partial charge >= 0.3 is 15.5 Å². The number of carbonyl (C=O) groups is 1. The Morgan fingerprint density at radius 2 is 1.92 bits per heavy atom. The Bertz CT molecular complexity index is 1480. The number of aryl methyl sites for hydroxylation is 1. The molecule has 1 aliphatic heterocycles. The molecule has 2 N–H and O–H groups in total. The summed E-state index contributed by atoms with van der Waals surface area (Å²) < 4.78 is 64.6. The molecule has 11 nitrogen and oxygen atoms in total. The third kappa shape index (κ3) is 5.39. The highest BCUT2D eigenvalue weighted by atomic mass is 35.5. The normalized spacial score (nSPS) is 14.6. The maximum Gasteiger partial charge on any atom is 0.516 e. The number of imidazole rings is 1. The van der Waals surface area contributed by atoms with Crippen LogP contribution in [0.3, 0.4) is 0 Å².